The van der Waals surface area contributed by atoms with Crippen LogP contribution in [-0.4, -0.2) is 33.8 Å². The molecule has 154 valence electrons. The first kappa shape index (κ1) is 18.5. The second-order valence-corrected chi connectivity index (χ2v) is 7.85. The summed E-state index contributed by atoms with van der Waals surface area (Å²) in [6.45, 7) is 3.87. The van der Waals surface area contributed by atoms with Crippen molar-refractivity contribution >= 4 is 28.2 Å². The summed E-state index contributed by atoms with van der Waals surface area (Å²) < 4.78 is 7.77. The highest BCUT2D eigenvalue weighted by molar-refractivity contribution is 6.00. The molecule has 8 heteroatoms. The quantitative estimate of drug-likeness (QED) is 0.719. The highest BCUT2D eigenvalue weighted by atomic mass is 16.5. The standard InChI is InChI=1S/C22H24N6O2/c1-14-9-15(5-6-24-14)22-28(20(13-30-22)21(23)29)19-10-16-12-26(2)25-17(16)11-18(19)27-7-3-4-8-27/h5-6,9-13,22H,3-4,7-8H2,1-2H3,(H2,23,29). The van der Waals surface area contributed by atoms with E-state index in [9.17, 15) is 4.79 Å². The second-order valence-electron chi connectivity index (χ2n) is 7.85. The summed E-state index contributed by atoms with van der Waals surface area (Å²) in [5.41, 5.74) is 10.7. The molecule has 1 amide bonds. The van der Waals surface area contributed by atoms with E-state index < -0.39 is 12.1 Å². The van der Waals surface area contributed by atoms with Crippen LogP contribution >= 0.6 is 0 Å². The number of hydrogen-bond acceptors (Lipinski definition) is 6. The lowest BCUT2D eigenvalue weighted by molar-refractivity contribution is -0.114. The van der Waals surface area contributed by atoms with Crippen molar-refractivity contribution in [2.75, 3.05) is 22.9 Å². The summed E-state index contributed by atoms with van der Waals surface area (Å²) in [6, 6.07) is 8.04. The molecule has 0 saturated carbocycles. The van der Waals surface area contributed by atoms with Gasteiger partial charge in [0.1, 0.15) is 12.0 Å². The van der Waals surface area contributed by atoms with Gasteiger partial charge in [-0.2, -0.15) is 5.10 Å². The number of primary amides is 1. The van der Waals surface area contributed by atoms with E-state index in [-0.39, 0.29) is 0 Å². The summed E-state index contributed by atoms with van der Waals surface area (Å²) in [4.78, 5) is 20.8. The summed E-state index contributed by atoms with van der Waals surface area (Å²) in [7, 11) is 1.91. The van der Waals surface area contributed by atoms with E-state index in [1.807, 2.05) is 37.2 Å². The third kappa shape index (κ3) is 3.04. The molecule has 1 saturated heterocycles. The number of nitrogens with two attached hydrogens (primary N) is 1. The van der Waals surface area contributed by atoms with E-state index >= 15 is 0 Å². The van der Waals surface area contributed by atoms with Crippen LogP contribution < -0.4 is 15.5 Å². The van der Waals surface area contributed by atoms with Gasteiger partial charge in [0.15, 0.2) is 0 Å². The predicted octanol–water partition coefficient (Wildman–Crippen LogP) is 2.74. The zero-order valence-electron chi connectivity index (χ0n) is 17.1. The molecule has 5 rings (SSSR count). The fourth-order valence-electron chi connectivity index (χ4n) is 4.33. The van der Waals surface area contributed by atoms with Crippen LogP contribution in [-0.2, 0) is 16.6 Å². The molecular formula is C22H24N6O2. The van der Waals surface area contributed by atoms with Gasteiger partial charge in [-0.05, 0) is 44.0 Å². The second kappa shape index (κ2) is 7.05. The third-order valence-corrected chi connectivity index (χ3v) is 5.68. The van der Waals surface area contributed by atoms with Crippen molar-refractivity contribution in [3.63, 3.8) is 0 Å². The van der Waals surface area contributed by atoms with Gasteiger partial charge in [0, 0.05) is 49.2 Å². The lowest BCUT2D eigenvalue weighted by Gasteiger charge is -2.31. The molecule has 3 aromatic rings. The highest BCUT2D eigenvalue weighted by Crippen LogP contribution is 2.44. The Morgan fingerprint density at radius 2 is 2.00 bits per heavy atom. The van der Waals surface area contributed by atoms with Gasteiger partial charge in [-0.1, -0.05) is 0 Å². The van der Waals surface area contributed by atoms with E-state index in [0.717, 1.165) is 59.5 Å². The maximum atomic E-state index is 12.3. The van der Waals surface area contributed by atoms with Crippen molar-refractivity contribution in [3.05, 3.63) is 59.9 Å². The van der Waals surface area contributed by atoms with Crippen LogP contribution in [0.4, 0.5) is 11.4 Å². The monoisotopic (exact) mass is 404 g/mol. The fraction of sp³-hybridized carbons (Fsp3) is 0.318. The van der Waals surface area contributed by atoms with Crippen molar-refractivity contribution in [1.82, 2.24) is 14.8 Å². The molecule has 2 aliphatic heterocycles. The highest BCUT2D eigenvalue weighted by Gasteiger charge is 2.36. The Bertz CT molecular complexity index is 1160. The summed E-state index contributed by atoms with van der Waals surface area (Å²) in [6.07, 6.45) is 6.97. The van der Waals surface area contributed by atoms with Gasteiger partial charge in [0.2, 0.25) is 6.23 Å². The number of fused-ring (bicyclic) bond motifs is 1. The topological polar surface area (TPSA) is 89.5 Å². The smallest absolute Gasteiger partial charge is 0.268 e. The van der Waals surface area contributed by atoms with Crippen LogP contribution in [0.2, 0.25) is 0 Å². The molecule has 0 spiro atoms. The maximum Gasteiger partial charge on any atom is 0.268 e. The van der Waals surface area contributed by atoms with Crippen LogP contribution in [0.25, 0.3) is 10.9 Å². The molecule has 1 atom stereocenters. The lowest BCUT2D eigenvalue weighted by atomic mass is 10.1. The Hall–Kier alpha value is -3.55. The molecule has 0 bridgehead atoms. The average molecular weight is 404 g/mol. The molecule has 2 N–H and O–H groups in total. The Balaban J connectivity index is 1.70. The fourth-order valence-corrected chi connectivity index (χ4v) is 4.33. The first-order valence-corrected chi connectivity index (χ1v) is 10.1. The van der Waals surface area contributed by atoms with Crippen molar-refractivity contribution < 1.29 is 9.53 Å². The summed E-state index contributed by atoms with van der Waals surface area (Å²) in [5, 5.41) is 5.58. The van der Waals surface area contributed by atoms with Crippen LogP contribution in [0.3, 0.4) is 0 Å². The average Bonchev–Trinajstić information content (AvgIpc) is 3.45. The molecule has 2 aliphatic rings. The Morgan fingerprint density at radius 3 is 2.73 bits per heavy atom. The molecule has 0 radical (unpaired) electrons. The number of nitrogens with zero attached hydrogens (tertiary/aromatic N) is 5. The van der Waals surface area contributed by atoms with Gasteiger partial charge < -0.3 is 15.4 Å². The first-order valence-electron chi connectivity index (χ1n) is 10.1. The Morgan fingerprint density at radius 1 is 1.20 bits per heavy atom. The molecule has 1 fully saturated rings. The van der Waals surface area contributed by atoms with Gasteiger partial charge in [0.05, 0.1) is 16.9 Å². The maximum absolute atomic E-state index is 12.3. The van der Waals surface area contributed by atoms with Crippen LogP contribution in [0.15, 0.2) is 48.6 Å². The van der Waals surface area contributed by atoms with Crippen molar-refractivity contribution in [3.8, 4) is 0 Å². The lowest BCUT2D eigenvalue weighted by Crippen LogP contribution is -2.33. The minimum absolute atomic E-state index is 0.332. The molecule has 30 heavy (non-hydrogen) atoms. The van der Waals surface area contributed by atoms with Crippen molar-refractivity contribution in [2.24, 2.45) is 12.8 Å². The Kier molecular flexibility index (Phi) is 4.34. The number of aryl methyl sites for hydroxylation is 2. The van der Waals surface area contributed by atoms with Gasteiger partial charge in [-0.15, -0.1) is 0 Å². The zero-order chi connectivity index (χ0) is 20.8. The van der Waals surface area contributed by atoms with E-state index in [1.165, 1.54) is 6.26 Å². The van der Waals surface area contributed by atoms with E-state index in [4.69, 9.17) is 10.5 Å². The zero-order valence-corrected chi connectivity index (χ0v) is 17.1. The number of hydrogen-bond donors (Lipinski definition) is 1. The van der Waals surface area contributed by atoms with Crippen LogP contribution in [0, 0.1) is 6.92 Å². The number of pyridine rings is 1. The number of ether oxygens (including phenoxy) is 1. The van der Waals surface area contributed by atoms with Gasteiger partial charge in [-0.3, -0.25) is 19.4 Å². The van der Waals surface area contributed by atoms with E-state index in [1.54, 1.807) is 10.9 Å². The number of amides is 1. The van der Waals surface area contributed by atoms with E-state index in [0.29, 0.717) is 5.70 Å². The third-order valence-electron chi connectivity index (χ3n) is 5.68. The normalized spacial score (nSPS) is 18.7. The summed E-state index contributed by atoms with van der Waals surface area (Å²) >= 11 is 0. The first-order chi connectivity index (χ1) is 14.5. The van der Waals surface area contributed by atoms with Gasteiger partial charge >= 0.3 is 0 Å². The molecule has 2 aromatic heterocycles. The number of anilines is 2. The SMILES string of the molecule is Cc1cc(C2OC=C(C(N)=O)N2c2cc3cn(C)nc3cc2N2CCCC2)ccn1. The van der Waals surface area contributed by atoms with E-state index in [2.05, 4.69) is 27.1 Å². The van der Waals surface area contributed by atoms with Crippen LogP contribution in [0.1, 0.15) is 30.3 Å². The van der Waals surface area contributed by atoms with Gasteiger partial charge in [0.25, 0.3) is 5.91 Å². The minimum Gasteiger partial charge on any atom is -0.471 e. The molecule has 1 unspecified atom stereocenters. The largest absolute Gasteiger partial charge is 0.471 e. The number of benzene rings is 1. The number of aromatic nitrogens is 3. The van der Waals surface area contributed by atoms with Gasteiger partial charge in [-0.25, -0.2) is 0 Å². The predicted molar refractivity (Wildman–Crippen MR) is 115 cm³/mol. The van der Waals surface area contributed by atoms with Crippen molar-refractivity contribution in [1.29, 1.82) is 0 Å². The molecule has 0 aliphatic carbocycles. The van der Waals surface area contributed by atoms with Crippen LogP contribution in [0.5, 0.6) is 0 Å². The molecular weight excluding hydrogens is 380 g/mol. The minimum atomic E-state index is -0.526. The number of carbonyl (C=O) groups excluding carboxylic acids is 1. The van der Waals surface area contributed by atoms with Crippen molar-refractivity contribution in [2.45, 2.75) is 26.0 Å². The molecule has 4 heterocycles. The Labute approximate surface area is 174 Å². The number of carbonyl (C=O) groups is 1. The summed E-state index contributed by atoms with van der Waals surface area (Å²) in [5.74, 6) is -0.526. The molecule has 8 nitrogen and oxygen atoms in total. The molecule has 1 aromatic carbocycles. The number of rotatable bonds is 4.